The Bertz CT molecular complexity index is 706. The molecule has 2 aromatic rings. The Hall–Kier alpha value is -2.70. The average Bonchev–Trinajstić information content (AvgIpc) is 2.89. The Morgan fingerprint density at radius 1 is 1.35 bits per heavy atom. The van der Waals surface area contributed by atoms with Crippen molar-refractivity contribution in [2.75, 3.05) is 0 Å². The average molecular weight is 272 g/mol. The molecule has 3 amide bonds. The number of nitrogens with zero attached hydrogens (tertiary/aromatic N) is 1. The van der Waals surface area contributed by atoms with Crippen LogP contribution >= 0.6 is 0 Å². The van der Waals surface area contributed by atoms with E-state index in [0.717, 1.165) is 10.9 Å². The van der Waals surface area contributed by atoms with Crippen LogP contribution in [0.3, 0.4) is 0 Å². The van der Waals surface area contributed by atoms with Gasteiger partial charge in [-0.05, 0) is 18.6 Å². The number of nitrogens with one attached hydrogen (secondary N) is 3. The highest BCUT2D eigenvalue weighted by atomic mass is 16.2. The summed E-state index contributed by atoms with van der Waals surface area (Å²) in [7, 11) is 0. The zero-order valence-corrected chi connectivity index (χ0v) is 10.5. The van der Waals surface area contributed by atoms with Crippen molar-refractivity contribution in [2.24, 2.45) is 0 Å². The van der Waals surface area contributed by atoms with Gasteiger partial charge in [-0.25, -0.2) is 0 Å². The van der Waals surface area contributed by atoms with Gasteiger partial charge in [0.05, 0.1) is 11.7 Å². The lowest BCUT2D eigenvalue weighted by molar-refractivity contribution is -0.134. The molecular formula is C13H12N4O3. The van der Waals surface area contributed by atoms with Gasteiger partial charge >= 0.3 is 0 Å². The lowest BCUT2D eigenvalue weighted by atomic mass is 10.1. The van der Waals surface area contributed by atoms with E-state index < -0.39 is 11.9 Å². The minimum absolute atomic E-state index is 0.232. The van der Waals surface area contributed by atoms with Gasteiger partial charge in [0.15, 0.2) is 0 Å². The summed E-state index contributed by atoms with van der Waals surface area (Å²) in [6.45, 7) is 0. The molecule has 0 aliphatic carbocycles. The molecule has 7 heteroatoms. The molecular weight excluding hydrogens is 260 g/mol. The van der Waals surface area contributed by atoms with E-state index in [1.165, 1.54) is 0 Å². The van der Waals surface area contributed by atoms with Gasteiger partial charge < -0.3 is 5.32 Å². The van der Waals surface area contributed by atoms with Gasteiger partial charge in [0.1, 0.15) is 6.04 Å². The highest BCUT2D eigenvalue weighted by Gasteiger charge is 2.28. The predicted molar refractivity (Wildman–Crippen MR) is 69.7 cm³/mol. The molecule has 2 heterocycles. The molecule has 102 valence electrons. The molecule has 1 aromatic heterocycles. The van der Waals surface area contributed by atoms with Crippen LogP contribution in [0.2, 0.25) is 0 Å². The summed E-state index contributed by atoms with van der Waals surface area (Å²) < 4.78 is 0. The number of hydrogen-bond donors (Lipinski definition) is 3. The first kappa shape index (κ1) is 12.3. The third-order valence-electron chi connectivity index (χ3n) is 3.25. The minimum atomic E-state index is -0.669. The SMILES string of the molecule is O=C1CCC(NC(=O)c2ccc3cn[nH]c3c2)C(=O)N1. The first-order valence-electron chi connectivity index (χ1n) is 6.21. The zero-order valence-electron chi connectivity index (χ0n) is 10.5. The molecule has 1 fully saturated rings. The van der Waals surface area contributed by atoms with Crippen molar-refractivity contribution in [3.63, 3.8) is 0 Å². The number of amides is 3. The fourth-order valence-corrected chi connectivity index (χ4v) is 2.15. The number of rotatable bonds is 2. The summed E-state index contributed by atoms with van der Waals surface area (Å²) >= 11 is 0. The first-order chi connectivity index (χ1) is 9.63. The highest BCUT2D eigenvalue weighted by Crippen LogP contribution is 2.13. The molecule has 1 aliphatic rings. The molecule has 1 atom stereocenters. The number of aromatic nitrogens is 2. The van der Waals surface area contributed by atoms with Crippen LogP contribution in [-0.4, -0.2) is 34.0 Å². The number of aromatic amines is 1. The second-order valence-corrected chi connectivity index (χ2v) is 4.65. The van der Waals surface area contributed by atoms with Crippen LogP contribution in [0.15, 0.2) is 24.4 Å². The quantitative estimate of drug-likeness (QED) is 0.674. The van der Waals surface area contributed by atoms with Gasteiger partial charge in [0, 0.05) is 17.4 Å². The number of H-pyrrole nitrogens is 1. The second-order valence-electron chi connectivity index (χ2n) is 4.65. The molecule has 1 unspecified atom stereocenters. The first-order valence-corrected chi connectivity index (χ1v) is 6.21. The van der Waals surface area contributed by atoms with Crippen molar-refractivity contribution in [3.05, 3.63) is 30.0 Å². The number of piperidine rings is 1. The van der Waals surface area contributed by atoms with Crippen LogP contribution in [0.25, 0.3) is 10.9 Å². The molecule has 1 saturated heterocycles. The summed E-state index contributed by atoms with van der Waals surface area (Å²) in [5, 5.41) is 12.4. The maximum absolute atomic E-state index is 12.1. The van der Waals surface area contributed by atoms with Gasteiger partial charge in [-0.3, -0.25) is 24.8 Å². The van der Waals surface area contributed by atoms with Gasteiger partial charge in [0.2, 0.25) is 11.8 Å². The Morgan fingerprint density at radius 2 is 2.20 bits per heavy atom. The van der Waals surface area contributed by atoms with E-state index in [1.54, 1.807) is 24.4 Å². The van der Waals surface area contributed by atoms with E-state index >= 15 is 0 Å². The van der Waals surface area contributed by atoms with Crippen molar-refractivity contribution in [3.8, 4) is 0 Å². The lowest BCUT2D eigenvalue weighted by Crippen LogP contribution is -2.52. The van der Waals surface area contributed by atoms with Gasteiger partial charge in [-0.15, -0.1) is 0 Å². The number of carbonyl (C=O) groups is 3. The fraction of sp³-hybridized carbons (Fsp3) is 0.231. The third-order valence-corrected chi connectivity index (χ3v) is 3.25. The number of imide groups is 1. The third kappa shape index (κ3) is 2.25. The van der Waals surface area contributed by atoms with Crippen LogP contribution in [0.1, 0.15) is 23.2 Å². The van der Waals surface area contributed by atoms with Crippen LogP contribution in [0.4, 0.5) is 0 Å². The number of benzene rings is 1. The summed E-state index contributed by atoms with van der Waals surface area (Å²) in [6.07, 6.45) is 2.22. The standard InChI is InChI=1S/C13H12N4O3/c18-11-4-3-9(13(20)16-11)15-12(19)7-1-2-8-6-14-17-10(8)5-7/h1-2,5-6,9H,3-4H2,(H,14,17)(H,15,19)(H,16,18,20). The Kier molecular flexibility index (Phi) is 2.94. The lowest BCUT2D eigenvalue weighted by Gasteiger charge is -2.21. The summed E-state index contributed by atoms with van der Waals surface area (Å²) in [6, 6.07) is 4.44. The van der Waals surface area contributed by atoms with Gasteiger partial charge in [0.25, 0.3) is 5.91 Å². The highest BCUT2D eigenvalue weighted by molar-refractivity contribution is 6.04. The van der Waals surface area contributed by atoms with Gasteiger partial charge in [-0.2, -0.15) is 5.10 Å². The van der Waals surface area contributed by atoms with E-state index in [1.807, 2.05) is 0 Å². The molecule has 3 N–H and O–H groups in total. The number of fused-ring (bicyclic) bond motifs is 1. The van der Waals surface area contributed by atoms with Crippen molar-refractivity contribution in [1.29, 1.82) is 0 Å². The zero-order chi connectivity index (χ0) is 14.1. The summed E-state index contributed by atoms with van der Waals surface area (Å²) in [5.74, 6) is -1.12. The Labute approximate surface area is 113 Å². The van der Waals surface area contributed by atoms with E-state index in [0.29, 0.717) is 12.0 Å². The van der Waals surface area contributed by atoms with E-state index in [4.69, 9.17) is 0 Å². The molecule has 0 radical (unpaired) electrons. The molecule has 0 bridgehead atoms. The normalized spacial score (nSPS) is 18.9. The van der Waals surface area contributed by atoms with Crippen molar-refractivity contribution >= 4 is 28.6 Å². The second kappa shape index (κ2) is 4.76. The fourth-order valence-electron chi connectivity index (χ4n) is 2.15. The minimum Gasteiger partial charge on any atom is -0.340 e. The predicted octanol–water partition coefficient (Wildman–Crippen LogP) is 0.0979. The van der Waals surface area contributed by atoms with Crippen LogP contribution in [-0.2, 0) is 9.59 Å². The van der Waals surface area contributed by atoms with Crippen molar-refractivity contribution in [1.82, 2.24) is 20.8 Å². The summed E-state index contributed by atoms with van der Waals surface area (Å²) in [5.41, 5.74) is 1.19. The smallest absolute Gasteiger partial charge is 0.252 e. The summed E-state index contributed by atoms with van der Waals surface area (Å²) in [4.78, 5) is 34.7. The number of hydrogen-bond acceptors (Lipinski definition) is 4. The molecule has 1 aliphatic heterocycles. The molecule has 20 heavy (non-hydrogen) atoms. The maximum Gasteiger partial charge on any atom is 0.252 e. The van der Waals surface area contributed by atoms with Crippen LogP contribution in [0, 0.1) is 0 Å². The van der Waals surface area contributed by atoms with Gasteiger partial charge in [-0.1, -0.05) is 6.07 Å². The van der Waals surface area contributed by atoms with E-state index in [9.17, 15) is 14.4 Å². The molecule has 0 saturated carbocycles. The Morgan fingerprint density at radius 3 is 3.00 bits per heavy atom. The maximum atomic E-state index is 12.1. The van der Waals surface area contributed by atoms with E-state index in [2.05, 4.69) is 20.8 Å². The molecule has 0 spiro atoms. The molecule has 1 aromatic carbocycles. The Balaban J connectivity index is 1.75. The largest absolute Gasteiger partial charge is 0.340 e. The topological polar surface area (TPSA) is 104 Å². The number of carbonyl (C=O) groups excluding carboxylic acids is 3. The van der Waals surface area contributed by atoms with Crippen molar-refractivity contribution in [2.45, 2.75) is 18.9 Å². The van der Waals surface area contributed by atoms with Crippen LogP contribution < -0.4 is 10.6 Å². The molecule has 3 rings (SSSR count). The van der Waals surface area contributed by atoms with E-state index in [-0.39, 0.29) is 18.2 Å². The molecule has 7 nitrogen and oxygen atoms in total. The van der Waals surface area contributed by atoms with Crippen molar-refractivity contribution < 1.29 is 14.4 Å². The monoisotopic (exact) mass is 272 g/mol. The van der Waals surface area contributed by atoms with Crippen LogP contribution in [0.5, 0.6) is 0 Å².